The highest BCUT2D eigenvalue weighted by Crippen LogP contribution is 2.22. The van der Waals surface area contributed by atoms with Gasteiger partial charge in [-0.25, -0.2) is 4.98 Å². The van der Waals surface area contributed by atoms with E-state index in [1.165, 1.54) is 0 Å². The summed E-state index contributed by atoms with van der Waals surface area (Å²) in [5.41, 5.74) is 1.18. The Balaban J connectivity index is 1.81. The number of hydrogen-bond donors (Lipinski definition) is 0. The number of benzene rings is 1. The molecule has 0 aliphatic carbocycles. The second kappa shape index (κ2) is 6.85. The average molecular weight is 332 g/mol. The van der Waals surface area contributed by atoms with Crippen LogP contribution in [0.25, 0.3) is 10.9 Å². The molecule has 0 unspecified atom stereocenters. The molecule has 122 valence electrons. The van der Waals surface area contributed by atoms with Gasteiger partial charge >= 0.3 is 0 Å². The SMILES string of the molecule is CN(C)[C@@H]1CCCN(C(=O)c2ccc3cccc(Cl)c3n2)CC1. The Kier molecular flexibility index (Phi) is 4.83. The van der Waals surface area contributed by atoms with Gasteiger partial charge in [-0.1, -0.05) is 29.8 Å². The molecule has 1 saturated heterocycles. The zero-order valence-electron chi connectivity index (χ0n) is 13.6. The number of halogens is 1. The Morgan fingerprint density at radius 1 is 1.22 bits per heavy atom. The lowest BCUT2D eigenvalue weighted by Crippen LogP contribution is -2.34. The van der Waals surface area contributed by atoms with Crippen molar-refractivity contribution in [2.75, 3.05) is 27.2 Å². The number of carbonyl (C=O) groups excluding carboxylic acids is 1. The highest BCUT2D eigenvalue weighted by molar-refractivity contribution is 6.35. The molecule has 1 aromatic carbocycles. The molecule has 1 aliphatic rings. The first-order valence-corrected chi connectivity index (χ1v) is 8.45. The van der Waals surface area contributed by atoms with Crippen LogP contribution in [0.3, 0.4) is 0 Å². The van der Waals surface area contributed by atoms with E-state index in [0.29, 0.717) is 22.3 Å². The van der Waals surface area contributed by atoms with Crippen LogP contribution in [-0.4, -0.2) is 53.9 Å². The van der Waals surface area contributed by atoms with Gasteiger partial charge in [0.25, 0.3) is 5.91 Å². The van der Waals surface area contributed by atoms with E-state index in [9.17, 15) is 4.79 Å². The standard InChI is InChI=1S/C18H22ClN3O/c1-21(2)14-6-4-11-22(12-10-14)18(23)16-9-8-13-5-3-7-15(19)17(13)20-16/h3,5,7-9,14H,4,6,10-12H2,1-2H3/t14-/m1/s1. The average Bonchev–Trinajstić information content (AvgIpc) is 2.80. The zero-order valence-corrected chi connectivity index (χ0v) is 14.4. The molecule has 1 fully saturated rings. The van der Waals surface area contributed by atoms with Crippen molar-refractivity contribution < 1.29 is 4.79 Å². The smallest absolute Gasteiger partial charge is 0.272 e. The maximum atomic E-state index is 12.8. The van der Waals surface area contributed by atoms with Gasteiger partial charge in [-0.2, -0.15) is 0 Å². The van der Waals surface area contributed by atoms with Gasteiger partial charge in [-0.3, -0.25) is 4.79 Å². The fourth-order valence-electron chi connectivity index (χ4n) is 3.19. The van der Waals surface area contributed by atoms with Crippen molar-refractivity contribution in [2.45, 2.75) is 25.3 Å². The number of pyridine rings is 1. The Morgan fingerprint density at radius 3 is 2.83 bits per heavy atom. The second-order valence-electron chi connectivity index (χ2n) is 6.35. The van der Waals surface area contributed by atoms with Crippen LogP contribution in [0, 0.1) is 0 Å². The Morgan fingerprint density at radius 2 is 2.04 bits per heavy atom. The number of likely N-dealkylation sites (tertiary alicyclic amines) is 1. The first kappa shape index (κ1) is 16.2. The van der Waals surface area contributed by atoms with E-state index in [4.69, 9.17) is 11.6 Å². The Hall–Kier alpha value is -1.65. The summed E-state index contributed by atoms with van der Waals surface area (Å²) < 4.78 is 0. The number of aromatic nitrogens is 1. The topological polar surface area (TPSA) is 36.4 Å². The van der Waals surface area contributed by atoms with E-state index in [0.717, 1.165) is 37.7 Å². The van der Waals surface area contributed by atoms with Crippen molar-refractivity contribution in [2.24, 2.45) is 0 Å². The van der Waals surface area contributed by atoms with Crippen LogP contribution in [0.2, 0.25) is 5.02 Å². The molecule has 0 saturated carbocycles. The molecule has 4 nitrogen and oxygen atoms in total. The van der Waals surface area contributed by atoms with E-state index in [2.05, 4.69) is 24.0 Å². The lowest BCUT2D eigenvalue weighted by Gasteiger charge is -2.23. The summed E-state index contributed by atoms with van der Waals surface area (Å²) in [5.74, 6) is 0.00576. The molecule has 1 atom stereocenters. The van der Waals surface area contributed by atoms with Gasteiger partial charge in [0.2, 0.25) is 0 Å². The first-order chi connectivity index (χ1) is 11.1. The third-order valence-corrected chi connectivity index (χ3v) is 4.91. The van der Waals surface area contributed by atoms with Crippen molar-refractivity contribution in [1.29, 1.82) is 0 Å². The predicted molar refractivity (Wildman–Crippen MR) is 94.0 cm³/mol. The van der Waals surface area contributed by atoms with E-state index in [-0.39, 0.29) is 5.91 Å². The van der Waals surface area contributed by atoms with E-state index >= 15 is 0 Å². The lowest BCUT2D eigenvalue weighted by atomic mass is 10.1. The molecule has 0 bridgehead atoms. The molecule has 0 N–H and O–H groups in total. The third kappa shape index (κ3) is 3.48. The number of nitrogens with zero attached hydrogens (tertiary/aromatic N) is 3. The van der Waals surface area contributed by atoms with Gasteiger partial charge in [-0.05, 0) is 45.5 Å². The molecule has 23 heavy (non-hydrogen) atoms. The van der Waals surface area contributed by atoms with Crippen LogP contribution < -0.4 is 0 Å². The number of fused-ring (bicyclic) bond motifs is 1. The summed E-state index contributed by atoms with van der Waals surface area (Å²) in [5, 5.41) is 1.54. The molecular weight excluding hydrogens is 310 g/mol. The number of para-hydroxylation sites is 1. The number of amides is 1. The normalized spacial score (nSPS) is 19.1. The summed E-state index contributed by atoms with van der Waals surface area (Å²) in [6.07, 6.45) is 3.17. The highest BCUT2D eigenvalue weighted by Gasteiger charge is 2.23. The maximum Gasteiger partial charge on any atom is 0.272 e. The minimum Gasteiger partial charge on any atom is -0.337 e. The summed E-state index contributed by atoms with van der Waals surface area (Å²) in [6.45, 7) is 1.58. The summed E-state index contributed by atoms with van der Waals surface area (Å²) in [6, 6.07) is 9.92. The first-order valence-electron chi connectivity index (χ1n) is 8.07. The molecule has 1 amide bonds. The molecule has 2 aromatic rings. The van der Waals surface area contributed by atoms with Crippen LogP contribution in [0.15, 0.2) is 30.3 Å². The molecule has 3 rings (SSSR count). The monoisotopic (exact) mass is 331 g/mol. The van der Waals surface area contributed by atoms with Crippen LogP contribution in [0.1, 0.15) is 29.8 Å². The molecule has 0 spiro atoms. The van der Waals surface area contributed by atoms with Gasteiger partial charge in [0.15, 0.2) is 0 Å². The van der Waals surface area contributed by atoms with E-state index in [1.807, 2.05) is 23.1 Å². The molecule has 2 heterocycles. The van der Waals surface area contributed by atoms with Crippen molar-refractivity contribution in [3.05, 3.63) is 41.0 Å². The fourth-order valence-corrected chi connectivity index (χ4v) is 3.41. The minimum absolute atomic E-state index is 0.00576. The number of hydrogen-bond acceptors (Lipinski definition) is 3. The van der Waals surface area contributed by atoms with Crippen LogP contribution in [0.4, 0.5) is 0 Å². The maximum absolute atomic E-state index is 12.8. The van der Waals surface area contributed by atoms with Crippen molar-refractivity contribution in [1.82, 2.24) is 14.8 Å². The van der Waals surface area contributed by atoms with Gasteiger partial charge in [0, 0.05) is 24.5 Å². The predicted octanol–water partition coefficient (Wildman–Crippen LogP) is 3.44. The van der Waals surface area contributed by atoms with Gasteiger partial charge in [0.1, 0.15) is 5.69 Å². The number of carbonyl (C=O) groups is 1. The Labute approximate surface area is 142 Å². The molecular formula is C18H22ClN3O. The van der Waals surface area contributed by atoms with Crippen molar-refractivity contribution in [3.8, 4) is 0 Å². The van der Waals surface area contributed by atoms with Crippen molar-refractivity contribution >= 4 is 28.4 Å². The largest absolute Gasteiger partial charge is 0.337 e. The number of rotatable bonds is 2. The minimum atomic E-state index is 0.00576. The van der Waals surface area contributed by atoms with Gasteiger partial charge < -0.3 is 9.80 Å². The summed E-state index contributed by atoms with van der Waals surface area (Å²) in [7, 11) is 4.21. The van der Waals surface area contributed by atoms with E-state index in [1.54, 1.807) is 12.1 Å². The molecule has 1 aromatic heterocycles. The molecule has 0 radical (unpaired) electrons. The summed E-state index contributed by atoms with van der Waals surface area (Å²) >= 11 is 6.21. The summed E-state index contributed by atoms with van der Waals surface area (Å²) in [4.78, 5) is 21.5. The fraction of sp³-hybridized carbons (Fsp3) is 0.444. The van der Waals surface area contributed by atoms with Crippen LogP contribution in [-0.2, 0) is 0 Å². The quantitative estimate of drug-likeness (QED) is 0.845. The van der Waals surface area contributed by atoms with Gasteiger partial charge in [-0.15, -0.1) is 0 Å². The van der Waals surface area contributed by atoms with Crippen LogP contribution in [0.5, 0.6) is 0 Å². The second-order valence-corrected chi connectivity index (χ2v) is 6.76. The van der Waals surface area contributed by atoms with Crippen LogP contribution >= 0.6 is 11.6 Å². The van der Waals surface area contributed by atoms with Gasteiger partial charge in [0.05, 0.1) is 10.5 Å². The van der Waals surface area contributed by atoms with Crippen molar-refractivity contribution in [3.63, 3.8) is 0 Å². The lowest BCUT2D eigenvalue weighted by molar-refractivity contribution is 0.0753. The third-order valence-electron chi connectivity index (χ3n) is 4.61. The molecule has 5 heteroatoms. The Bertz CT molecular complexity index is 716. The zero-order chi connectivity index (χ0) is 16.4. The van der Waals surface area contributed by atoms with E-state index < -0.39 is 0 Å². The highest BCUT2D eigenvalue weighted by atomic mass is 35.5. The molecule has 1 aliphatic heterocycles.